The Morgan fingerprint density at radius 3 is 2.58 bits per heavy atom. The van der Waals surface area contributed by atoms with E-state index < -0.39 is 11.9 Å². The van der Waals surface area contributed by atoms with E-state index >= 15 is 0 Å². The number of ether oxygens (including phenoxy) is 1. The molecule has 2 aromatic heterocycles. The molecule has 1 N–H and O–H groups in total. The van der Waals surface area contributed by atoms with Crippen molar-refractivity contribution >= 4 is 34.7 Å². The van der Waals surface area contributed by atoms with Gasteiger partial charge in [0.15, 0.2) is 5.16 Å². The zero-order valence-corrected chi connectivity index (χ0v) is 19.2. The molecule has 1 unspecified atom stereocenters. The van der Waals surface area contributed by atoms with Crippen molar-refractivity contribution in [3.8, 4) is 11.4 Å². The fourth-order valence-electron chi connectivity index (χ4n) is 3.11. The van der Waals surface area contributed by atoms with Gasteiger partial charge in [-0.15, -0.1) is 21.5 Å². The monoisotopic (exact) mass is 486 g/mol. The van der Waals surface area contributed by atoms with Crippen LogP contribution in [0.3, 0.4) is 0 Å². The maximum absolute atomic E-state index is 12.8. The number of anilines is 1. The normalized spacial score (nSPS) is 12.0. The smallest absolute Gasteiger partial charge is 0.387 e. The standard InChI is InChI=1S/C23H20F2N4O2S2/c1-15(21(30)26-18-11-5-6-12-19(18)31-22(24)25)33-23-28-27-20(14-17-10-7-13-32-17)29(23)16-8-3-2-4-9-16/h2-13,15,22H,14H2,1H3,(H,26,30). The van der Waals surface area contributed by atoms with Crippen molar-refractivity contribution in [1.29, 1.82) is 0 Å². The Morgan fingerprint density at radius 1 is 1.09 bits per heavy atom. The molecule has 1 amide bonds. The molecule has 0 fully saturated rings. The highest BCUT2D eigenvalue weighted by Gasteiger charge is 2.22. The number of hydrogen-bond donors (Lipinski definition) is 1. The summed E-state index contributed by atoms with van der Waals surface area (Å²) in [7, 11) is 0. The number of hydrogen-bond acceptors (Lipinski definition) is 6. The van der Waals surface area contributed by atoms with Crippen molar-refractivity contribution in [3.05, 3.63) is 82.8 Å². The Kier molecular flexibility index (Phi) is 7.36. The highest BCUT2D eigenvalue weighted by atomic mass is 32.2. The molecular formula is C23H20F2N4O2S2. The van der Waals surface area contributed by atoms with Crippen LogP contribution in [0.25, 0.3) is 5.69 Å². The van der Waals surface area contributed by atoms with Crippen LogP contribution in [-0.2, 0) is 11.2 Å². The predicted octanol–water partition coefficient (Wildman–Crippen LogP) is 5.64. The number of amides is 1. The molecule has 6 nitrogen and oxygen atoms in total. The van der Waals surface area contributed by atoms with Gasteiger partial charge in [-0.2, -0.15) is 8.78 Å². The molecule has 1 atom stereocenters. The van der Waals surface area contributed by atoms with E-state index in [0.717, 1.165) is 16.4 Å². The zero-order valence-electron chi connectivity index (χ0n) is 17.5. The number of carbonyl (C=O) groups is 1. The molecule has 0 saturated heterocycles. The van der Waals surface area contributed by atoms with Crippen molar-refractivity contribution in [2.45, 2.75) is 30.4 Å². The molecule has 170 valence electrons. The fraction of sp³-hybridized carbons (Fsp3) is 0.174. The van der Waals surface area contributed by atoms with Gasteiger partial charge in [0.05, 0.1) is 10.9 Å². The summed E-state index contributed by atoms with van der Waals surface area (Å²) in [5.74, 6) is 0.297. The Balaban J connectivity index is 1.55. The van der Waals surface area contributed by atoms with Gasteiger partial charge in [-0.3, -0.25) is 9.36 Å². The van der Waals surface area contributed by atoms with E-state index in [1.807, 2.05) is 52.4 Å². The molecule has 0 bridgehead atoms. The second kappa shape index (κ2) is 10.6. The summed E-state index contributed by atoms with van der Waals surface area (Å²) in [5, 5.41) is 13.4. The third-order valence-electron chi connectivity index (χ3n) is 4.64. The largest absolute Gasteiger partial charge is 0.433 e. The van der Waals surface area contributed by atoms with Gasteiger partial charge in [-0.25, -0.2) is 0 Å². The third kappa shape index (κ3) is 5.77. The van der Waals surface area contributed by atoms with Gasteiger partial charge in [-0.1, -0.05) is 48.2 Å². The molecule has 2 heterocycles. The maximum atomic E-state index is 12.8. The fourth-order valence-corrected chi connectivity index (χ4v) is 4.70. The minimum Gasteiger partial charge on any atom is -0.433 e. The minimum atomic E-state index is -2.99. The third-order valence-corrected chi connectivity index (χ3v) is 6.56. The number of halogens is 2. The lowest BCUT2D eigenvalue weighted by atomic mass is 10.3. The van der Waals surface area contributed by atoms with Gasteiger partial charge in [-0.05, 0) is 42.6 Å². The quantitative estimate of drug-likeness (QED) is 0.310. The average Bonchev–Trinajstić information content (AvgIpc) is 3.45. The Hall–Kier alpha value is -3.24. The van der Waals surface area contributed by atoms with Gasteiger partial charge in [0.1, 0.15) is 11.6 Å². The van der Waals surface area contributed by atoms with E-state index in [-0.39, 0.29) is 17.3 Å². The molecule has 0 aliphatic carbocycles. The van der Waals surface area contributed by atoms with E-state index in [4.69, 9.17) is 0 Å². The van der Waals surface area contributed by atoms with Crippen molar-refractivity contribution < 1.29 is 18.3 Å². The SMILES string of the molecule is CC(Sc1nnc(Cc2cccs2)n1-c1ccccc1)C(=O)Nc1ccccc1OC(F)F. The van der Waals surface area contributed by atoms with Crippen molar-refractivity contribution in [3.63, 3.8) is 0 Å². The van der Waals surface area contributed by atoms with Gasteiger partial charge >= 0.3 is 6.61 Å². The van der Waals surface area contributed by atoms with Crippen LogP contribution in [0.4, 0.5) is 14.5 Å². The second-order valence-electron chi connectivity index (χ2n) is 6.95. The first-order valence-electron chi connectivity index (χ1n) is 10.0. The van der Waals surface area contributed by atoms with E-state index in [1.165, 1.54) is 23.9 Å². The van der Waals surface area contributed by atoms with Crippen molar-refractivity contribution in [1.82, 2.24) is 14.8 Å². The van der Waals surface area contributed by atoms with E-state index in [2.05, 4.69) is 20.3 Å². The molecule has 10 heteroatoms. The van der Waals surface area contributed by atoms with Gasteiger partial charge < -0.3 is 10.1 Å². The number of rotatable bonds is 9. The summed E-state index contributed by atoms with van der Waals surface area (Å²) in [6.07, 6.45) is 0.610. The highest BCUT2D eigenvalue weighted by molar-refractivity contribution is 8.00. The van der Waals surface area contributed by atoms with Crippen molar-refractivity contribution in [2.24, 2.45) is 0 Å². The van der Waals surface area contributed by atoms with Gasteiger partial charge in [0, 0.05) is 17.0 Å². The molecule has 0 saturated carbocycles. The van der Waals surface area contributed by atoms with Gasteiger partial charge in [0.2, 0.25) is 5.91 Å². The first-order valence-corrected chi connectivity index (χ1v) is 11.8. The lowest BCUT2D eigenvalue weighted by molar-refractivity contribution is -0.115. The number of alkyl halides is 2. The number of thioether (sulfide) groups is 1. The lowest BCUT2D eigenvalue weighted by Gasteiger charge is -2.15. The Bertz CT molecular complexity index is 1200. The van der Waals surface area contributed by atoms with Crippen LogP contribution in [0.2, 0.25) is 0 Å². The number of nitrogens with zero attached hydrogens (tertiary/aromatic N) is 3. The van der Waals surface area contributed by atoms with E-state index in [1.54, 1.807) is 30.4 Å². The van der Waals surface area contributed by atoms with Crippen LogP contribution in [-0.4, -0.2) is 32.5 Å². The molecule has 0 spiro atoms. The molecular weight excluding hydrogens is 466 g/mol. The van der Waals surface area contributed by atoms with Crippen LogP contribution < -0.4 is 10.1 Å². The molecule has 4 rings (SSSR count). The Labute approximate surface area is 197 Å². The van der Waals surface area contributed by atoms with Crippen LogP contribution in [0.15, 0.2) is 77.3 Å². The molecule has 0 aliphatic rings. The summed E-state index contributed by atoms with van der Waals surface area (Å²) in [6, 6.07) is 19.8. The topological polar surface area (TPSA) is 69.0 Å². The summed E-state index contributed by atoms with van der Waals surface area (Å²) in [6.45, 7) is -1.26. The second-order valence-corrected chi connectivity index (χ2v) is 9.29. The number of benzene rings is 2. The van der Waals surface area contributed by atoms with Crippen molar-refractivity contribution in [2.75, 3.05) is 5.32 Å². The number of thiophene rings is 1. The summed E-state index contributed by atoms with van der Waals surface area (Å²) < 4.78 is 31.8. The number of carbonyl (C=O) groups excluding carboxylic acids is 1. The predicted molar refractivity (Wildman–Crippen MR) is 126 cm³/mol. The summed E-state index contributed by atoms with van der Waals surface area (Å²) in [5.41, 5.74) is 1.07. The van der Waals surface area contributed by atoms with Crippen LogP contribution in [0.5, 0.6) is 5.75 Å². The first kappa shape index (κ1) is 22.9. The number of aromatic nitrogens is 3. The lowest BCUT2D eigenvalue weighted by Crippen LogP contribution is -2.23. The van der Waals surface area contributed by atoms with Crippen LogP contribution in [0, 0.1) is 0 Å². The molecule has 0 aliphatic heterocycles. The minimum absolute atomic E-state index is 0.0938. The first-order chi connectivity index (χ1) is 16.0. The molecule has 33 heavy (non-hydrogen) atoms. The Morgan fingerprint density at radius 2 is 1.85 bits per heavy atom. The van der Waals surface area contributed by atoms with Crippen LogP contribution in [0.1, 0.15) is 17.6 Å². The average molecular weight is 487 g/mol. The van der Waals surface area contributed by atoms with E-state index in [9.17, 15) is 13.6 Å². The molecule has 2 aromatic carbocycles. The molecule has 4 aromatic rings. The van der Waals surface area contributed by atoms with Crippen LogP contribution >= 0.6 is 23.1 Å². The zero-order chi connectivity index (χ0) is 23.2. The number of para-hydroxylation sites is 3. The maximum Gasteiger partial charge on any atom is 0.387 e. The highest BCUT2D eigenvalue weighted by Crippen LogP contribution is 2.30. The van der Waals surface area contributed by atoms with E-state index in [0.29, 0.717) is 11.6 Å². The number of nitrogens with one attached hydrogen (secondary N) is 1. The summed E-state index contributed by atoms with van der Waals surface area (Å²) >= 11 is 2.88. The summed E-state index contributed by atoms with van der Waals surface area (Å²) in [4.78, 5) is 14.0. The molecule has 0 radical (unpaired) electrons. The van der Waals surface area contributed by atoms with Gasteiger partial charge in [0.25, 0.3) is 0 Å².